The van der Waals surface area contributed by atoms with Gasteiger partial charge in [-0.05, 0) is 33.3 Å². The molecule has 104 valence electrons. The van der Waals surface area contributed by atoms with Gasteiger partial charge in [-0.3, -0.25) is 14.9 Å². The number of anilines is 1. The van der Waals surface area contributed by atoms with Crippen LogP contribution in [0.5, 0.6) is 0 Å². The molecule has 0 bridgehead atoms. The molecule has 0 radical (unpaired) electrons. The summed E-state index contributed by atoms with van der Waals surface area (Å²) in [5, 5.41) is 19.6. The Balaban J connectivity index is 3.24. The minimum absolute atomic E-state index is 0.106. The molecular formula is C12H17N3O4. The van der Waals surface area contributed by atoms with E-state index in [1.807, 2.05) is 20.8 Å². The third-order valence-electron chi connectivity index (χ3n) is 2.61. The zero-order valence-electron chi connectivity index (χ0n) is 11.4. The molecule has 7 heteroatoms. The van der Waals surface area contributed by atoms with Crippen LogP contribution in [-0.2, 0) is 4.79 Å². The van der Waals surface area contributed by atoms with Gasteiger partial charge in [0.05, 0.1) is 4.92 Å². The minimum atomic E-state index is -0.977. The molecule has 1 aromatic heterocycles. The molecule has 1 rings (SSSR count). The largest absolute Gasteiger partial charge is 0.480 e. The van der Waals surface area contributed by atoms with Gasteiger partial charge >= 0.3 is 5.97 Å². The number of nitro groups is 1. The second-order valence-electron chi connectivity index (χ2n) is 5.24. The molecule has 0 aliphatic carbocycles. The Bertz CT molecular complexity index is 508. The number of carboxylic acids is 1. The number of rotatable bonds is 4. The number of carbonyl (C=O) groups is 1. The van der Waals surface area contributed by atoms with Crippen molar-refractivity contribution in [1.82, 2.24) is 4.98 Å². The first kappa shape index (κ1) is 14.9. The van der Waals surface area contributed by atoms with Gasteiger partial charge in [-0.1, -0.05) is 0 Å². The van der Waals surface area contributed by atoms with Crippen LogP contribution in [0.3, 0.4) is 0 Å². The maximum atomic E-state index is 10.9. The van der Waals surface area contributed by atoms with Crippen molar-refractivity contribution in [2.75, 3.05) is 11.4 Å². The van der Waals surface area contributed by atoms with Gasteiger partial charge in [0.2, 0.25) is 0 Å². The number of aliphatic carboxylic acids is 1. The molecule has 0 aliphatic heterocycles. The fourth-order valence-electron chi connectivity index (χ4n) is 1.70. The highest BCUT2D eigenvalue weighted by Gasteiger charge is 2.27. The van der Waals surface area contributed by atoms with Crippen LogP contribution in [0.25, 0.3) is 0 Å². The molecule has 0 spiro atoms. The number of hydrogen-bond acceptors (Lipinski definition) is 5. The van der Waals surface area contributed by atoms with Crippen LogP contribution in [0.4, 0.5) is 11.5 Å². The maximum Gasteiger partial charge on any atom is 0.323 e. The summed E-state index contributed by atoms with van der Waals surface area (Å²) in [4.78, 5) is 26.7. The zero-order chi connectivity index (χ0) is 14.8. The van der Waals surface area contributed by atoms with Crippen LogP contribution in [0.1, 0.15) is 26.3 Å². The number of carboxylic acid groups (broad SMARTS) is 1. The highest BCUT2D eigenvalue weighted by atomic mass is 16.6. The summed E-state index contributed by atoms with van der Waals surface area (Å²) in [5.41, 5.74) is 0.0162. The van der Waals surface area contributed by atoms with Crippen LogP contribution < -0.4 is 4.90 Å². The lowest BCUT2D eigenvalue weighted by atomic mass is 10.0. The average molecular weight is 267 g/mol. The molecule has 0 saturated heterocycles. The molecule has 0 saturated carbocycles. The van der Waals surface area contributed by atoms with E-state index in [2.05, 4.69) is 4.98 Å². The first-order valence-corrected chi connectivity index (χ1v) is 5.73. The van der Waals surface area contributed by atoms with Crippen LogP contribution in [0, 0.1) is 17.0 Å². The summed E-state index contributed by atoms with van der Waals surface area (Å²) in [5.74, 6) is -0.532. The predicted molar refractivity (Wildman–Crippen MR) is 70.4 cm³/mol. The van der Waals surface area contributed by atoms with Crippen molar-refractivity contribution in [2.45, 2.75) is 33.2 Å². The Hall–Kier alpha value is -2.18. The molecule has 0 aromatic carbocycles. The SMILES string of the molecule is Cc1cc([N+](=O)[O-])cnc1N(CC(=O)O)C(C)(C)C. The van der Waals surface area contributed by atoms with Gasteiger partial charge in [-0.15, -0.1) is 0 Å². The third kappa shape index (κ3) is 3.64. The van der Waals surface area contributed by atoms with E-state index in [1.54, 1.807) is 11.8 Å². The highest BCUT2D eigenvalue weighted by molar-refractivity contribution is 5.74. The lowest BCUT2D eigenvalue weighted by Crippen LogP contribution is -2.45. The average Bonchev–Trinajstić information content (AvgIpc) is 2.24. The quantitative estimate of drug-likeness (QED) is 0.662. The van der Waals surface area contributed by atoms with E-state index in [0.717, 1.165) is 6.20 Å². The molecule has 0 fully saturated rings. The van der Waals surface area contributed by atoms with E-state index in [4.69, 9.17) is 5.11 Å². The molecule has 1 N–H and O–H groups in total. The molecule has 0 aliphatic rings. The fourth-order valence-corrected chi connectivity index (χ4v) is 1.70. The molecular weight excluding hydrogens is 250 g/mol. The summed E-state index contributed by atoms with van der Waals surface area (Å²) in [6.07, 6.45) is 1.14. The van der Waals surface area contributed by atoms with Crippen LogP contribution in [-0.4, -0.2) is 33.1 Å². The van der Waals surface area contributed by atoms with Gasteiger partial charge in [-0.2, -0.15) is 0 Å². The van der Waals surface area contributed by atoms with Crippen molar-refractivity contribution in [2.24, 2.45) is 0 Å². The Labute approximate surface area is 111 Å². The molecule has 0 unspecified atom stereocenters. The Morgan fingerprint density at radius 3 is 2.47 bits per heavy atom. The van der Waals surface area contributed by atoms with Crippen molar-refractivity contribution >= 4 is 17.5 Å². The molecule has 0 atom stereocenters. The van der Waals surface area contributed by atoms with E-state index in [0.29, 0.717) is 11.4 Å². The Kier molecular flexibility index (Phi) is 4.08. The monoisotopic (exact) mass is 267 g/mol. The molecule has 1 heterocycles. The summed E-state index contributed by atoms with van der Waals surface area (Å²) in [6.45, 7) is 7.04. The summed E-state index contributed by atoms with van der Waals surface area (Å²) in [7, 11) is 0. The van der Waals surface area contributed by atoms with Crippen molar-refractivity contribution in [1.29, 1.82) is 0 Å². The molecule has 0 amide bonds. The summed E-state index contributed by atoms with van der Waals surface area (Å²) in [6, 6.07) is 1.39. The van der Waals surface area contributed by atoms with Crippen molar-refractivity contribution in [3.8, 4) is 0 Å². The normalized spacial score (nSPS) is 11.2. The van der Waals surface area contributed by atoms with E-state index in [-0.39, 0.29) is 12.2 Å². The van der Waals surface area contributed by atoms with Crippen molar-refractivity contribution in [3.05, 3.63) is 27.9 Å². The number of hydrogen-bond donors (Lipinski definition) is 1. The van der Waals surface area contributed by atoms with Crippen LogP contribution in [0.15, 0.2) is 12.3 Å². The maximum absolute atomic E-state index is 10.9. The number of aryl methyl sites for hydroxylation is 1. The molecule has 7 nitrogen and oxygen atoms in total. The van der Waals surface area contributed by atoms with Gasteiger partial charge in [0.1, 0.15) is 18.6 Å². The number of nitrogens with zero attached hydrogens (tertiary/aromatic N) is 3. The Morgan fingerprint density at radius 2 is 2.11 bits per heavy atom. The molecule has 1 aromatic rings. The zero-order valence-corrected chi connectivity index (χ0v) is 11.4. The van der Waals surface area contributed by atoms with Gasteiger partial charge in [0, 0.05) is 11.6 Å². The van der Waals surface area contributed by atoms with Gasteiger partial charge in [0.15, 0.2) is 0 Å². The van der Waals surface area contributed by atoms with Gasteiger partial charge in [0.25, 0.3) is 5.69 Å². The third-order valence-corrected chi connectivity index (χ3v) is 2.61. The number of aromatic nitrogens is 1. The standard InChI is InChI=1S/C12H17N3O4/c1-8-5-9(15(18)19)6-13-11(8)14(7-10(16)17)12(2,3)4/h5-6H,7H2,1-4H3,(H,16,17). The first-order valence-electron chi connectivity index (χ1n) is 5.73. The van der Waals surface area contributed by atoms with E-state index < -0.39 is 16.4 Å². The predicted octanol–water partition coefficient (Wildman–Crippen LogP) is 1.99. The lowest BCUT2D eigenvalue weighted by molar-refractivity contribution is -0.385. The topological polar surface area (TPSA) is 96.6 Å². The van der Waals surface area contributed by atoms with Crippen LogP contribution in [0.2, 0.25) is 0 Å². The summed E-state index contributed by atoms with van der Waals surface area (Å²) >= 11 is 0. The molecule has 19 heavy (non-hydrogen) atoms. The van der Waals surface area contributed by atoms with Crippen molar-refractivity contribution in [3.63, 3.8) is 0 Å². The first-order chi connectivity index (χ1) is 8.62. The second-order valence-corrected chi connectivity index (χ2v) is 5.24. The number of pyridine rings is 1. The lowest BCUT2D eigenvalue weighted by Gasteiger charge is -2.36. The smallest absolute Gasteiger partial charge is 0.323 e. The van der Waals surface area contributed by atoms with Crippen molar-refractivity contribution < 1.29 is 14.8 Å². The van der Waals surface area contributed by atoms with Crippen LogP contribution >= 0.6 is 0 Å². The van der Waals surface area contributed by atoms with E-state index in [9.17, 15) is 14.9 Å². The van der Waals surface area contributed by atoms with E-state index >= 15 is 0 Å². The summed E-state index contributed by atoms with van der Waals surface area (Å²) < 4.78 is 0. The second kappa shape index (κ2) is 5.21. The Morgan fingerprint density at radius 1 is 1.53 bits per heavy atom. The van der Waals surface area contributed by atoms with Gasteiger partial charge in [-0.25, -0.2) is 4.98 Å². The minimum Gasteiger partial charge on any atom is -0.480 e. The van der Waals surface area contributed by atoms with E-state index in [1.165, 1.54) is 6.07 Å². The highest BCUT2D eigenvalue weighted by Crippen LogP contribution is 2.27. The van der Waals surface area contributed by atoms with Gasteiger partial charge < -0.3 is 10.0 Å². The fraction of sp³-hybridized carbons (Fsp3) is 0.500.